The van der Waals surface area contributed by atoms with E-state index in [-0.39, 0.29) is 11.7 Å². The Labute approximate surface area is 83.2 Å². The Morgan fingerprint density at radius 2 is 2.29 bits per heavy atom. The average Bonchev–Trinajstić information content (AvgIpc) is 2.17. The number of carbonyl (C=O) groups is 2. The predicted molar refractivity (Wildman–Crippen MR) is 49.7 cm³/mol. The molecule has 14 heavy (non-hydrogen) atoms. The highest BCUT2D eigenvalue weighted by molar-refractivity contribution is 6.05. The van der Waals surface area contributed by atoms with Gasteiger partial charge in [-0.05, 0) is 12.3 Å². The summed E-state index contributed by atoms with van der Waals surface area (Å²) in [6.07, 6.45) is 0.896. The van der Waals surface area contributed by atoms with Crippen molar-refractivity contribution in [2.24, 2.45) is 11.8 Å². The third-order valence-electron chi connectivity index (χ3n) is 3.36. The zero-order chi connectivity index (χ0) is 10.3. The van der Waals surface area contributed by atoms with Crippen LogP contribution < -0.4 is 0 Å². The molecule has 0 radical (unpaired) electrons. The second kappa shape index (κ2) is 3.35. The van der Waals surface area contributed by atoms with Crippen LogP contribution in [0.15, 0.2) is 0 Å². The second-order valence-corrected chi connectivity index (χ2v) is 4.20. The molecule has 0 amide bonds. The minimum Gasteiger partial charge on any atom is -0.468 e. The molecule has 3 aliphatic heterocycles. The van der Waals surface area contributed by atoms with Crippen molar-refractivity contribution in [3.8, 4) is 0 Å². The molecule has 4 heteroatoms. The fraction of sp³-hybridized carbons (Fsp3) is 0.800. The molecule has 0 aliphatic carbocycles. The molecule has 0 N–H and O–H groups in total. The lowest BCUT2D eigenvalue weighted by Gasteiger charge is -2.46. The van der Waals surface area contributed by atoms with Crippen LogP contribution in [-0.4, -0.2) is 42.9 Å². The lowest BCUT2D eigenvalue weighted by Crippen LogP contribution is -2.61. The van der Waals surface area contributed by atoms with Crippen molar-refractivity contribution < 1.29 is 14.3 Å². The van der Waals surface area contributed by atoms with Crippen molar-refractivity contribution in [3.63, 3.8) is 0 Å². The van der Waals surface area contributed by atoms with Crippen molar-refractivity contribution in [2.75, 3.05) is 20.2 Å². The molecule has 0 aromatic carbocycles. The first-order valence-corrected chi connectivity index (χ1v) is 5.00. The highest BCUT2D eigenvalue weighted by Gasteiger charge is 2.48. The number of hydrogen-bond acceptors (Lipinski definition) is 4. The number of nitrogens with zero attached hydrogens (tertiary/aromatic N) is 1. The summed E-state index contributed by atoms with van der Waals surface area (Å²) in [4.78, 5) is 25.2. The first-order chi connectivity index (χ1) is 6.65. The monoisotopic (exact) mass is 197 g/mol. The minimum atomic E-state index is -0.616. The number of rotatable bonds is 1. The number of carbonyl (C=O) groups excluding carboxylic acids is 2. The number of piperidine rings is 3. The largest absolute Gasteiger partial charge is 0.468 e. The molecule has 3 fully saturated rings. The number of ether oxygens (including phenoxy) is 1. The van der Waals surface area contributed by atoms with Gasteiger partial charge in [-0.2, -0.15) is 0 Å². The molecule has 1 unspecified atom stereocenters. The Bertz CT molecular complexity index is 277. The van der Waals surface area contributed by atoms with Gasteiger partial charge in [0.2, 0.25) is 0 Å². The van der Waals surface area contributed by atoms with Gasteiger partial charge >= 0.3 is 5.97 Å². The molecule has 4 nitrogen and oxygen atoms in total. The van der Waals surface area contributed by atoms with Crippen LogP contribution in [0, 0.1) is 11.8 Å². The van der Waals surface area contributed by atoms with E-state index in [1.54, 1.807) is 0 Å². The van der Waals surface area contributed by atoms with E-state index in [0.29, 0.717) is 5.92 Å². The topological polar surface area (TPSA) is 46.6 Å². The molecular weight excluding hydrogens is 182 g/mol. The van der Waals surface area contributed by atoms with Crippen LogP contribution >= 0.6 is 0 Å². The second-order valence-electron chi connectivity index (χ2n) is 4.20. The van der Waals surface area contributed by atoms with Crippen LogP contribution in [0.5, 0.6) is 0 Å². The standard InChI is InChI=1S/C10H15NO3/c1-6-5-11-4-3-7(6)9(12)8(11)10(13)14-2/h6-8H,3-5H2,1-2H3/t6-,7-,8+/m0/s1. The van der Waals surface area contributed by atoms with Crippen molar-refractivity contribution in [2.45, 2.75) is 19.4 Å². The Kier molecular flexibility index (Phi) is 2.31. The van der Waals surface area contributed by atoms with Gasteiger partial charge in [-0.3, -0.25) is 9.69 Å². The minimum absolute atomic E-state index is 0.0573. The number of esters is 1. The summed E-state index contributed by atoms with van der Waals surface area (Å²) < 4.78 is 4.65. The maximum atomic E-state index is 11.9. The Hall–Kier alpha value is -0.900. The first kappa shape index (κ1) is 9.65. The van der Waals surface area contributed by atoms with Gasteiger partial charge < -0.3 is 4.74 Å². The molecule has 0 aromatic rings. The van der Waals surface area contributed by atoms with E-state index in [4.69, 9.17) is 0 Å². The molecule has 3 aliphatic rings. The number of fused-ring (bicyclic) bond motifs is 3. The highest BCUT2D eigenvalue weighted by Crippen LogP contribution is 2.33. The molecular formula is C10H15NO3. The normalized spacial score (nSPS) is 41.1. The van der Waals surface area contributed by atoms with Gasteiger partial charge in [0.15, 0.2) is 11.8 Å². The fourth-order valence-electron chi connectivity index (χ4n) is 2.59. The van der Waals surface area contributed by atoms with Crippen LogP contribution in [0.4, 0.5) is 0 Å². The lowest BCUT2D eigenvalue weighted by molar-refractivity contribution is -0.160. The van der Waals surface area contributed by atoms with Gasteiger partial charge in [-0.1, -0.05) is 6.92 Å². The van der Waals surface area contributed by atoms with E-state index >= 15 is 0 Å². The summed E-state index contributed by atoms with van der Waals surface area (Å²) in [5, 5.41) is 0. The van der Waals surface area contributed by atoms with Gasteiger partial charge in [0.25, 0.3) is 0 Å². The van der Waals surface area contributed by atoms with Gasteiger partial charge in [-0.25, -0.2) is 4.79 Å². The maximum Gasteiger partial charge on any atom is 0.330 e. The first-order valence-electron chi connectivity index (χ1n) is 5.00. The molecule has 0 aromatic heterocycles. The quantitative estimate of drug-likeness (QED) is 0.441. The van der Waals surface area contributed by atoms with Crippen molar-refractivity contribution >= 4 is 11.8 Å². The third-order valence-corrected chi connectivity index (χ3v) is 3.36. The summed E-state index contributed by atoms with van der Waals surface area (Å²) in [7, 11) is 1.34. The van der Waals surface area contributed by atoms with Crippen molar-refractivity contribution in [1.82, 2.24) is 4.90 Å². The van der Waals surface area contributed by atoms with Crippen molar-refractivity contribution in [1.29, 1.82) is 0 Å². The lowest BCUT2D eigenvalue weighted by atomic mass is 9.75. The van der Waals surface area contributed by atoms with E-state index in [9.17, 15) is 9.59 Å². The van der Waals surface area contributed by atoms with E-state index in [1.807, 2.05) is 4.90 Å². The molecule has 3 rings (SSSR count). The van der Waals surface area contributed by atoms with E-state index in [2.05, 4.69) is 11.7 Å². The van der Waals surface area contributed by atoms with Crippen LogP contribution in [0.1, 0.15) is 13.3 Å². The average molecular weight is 197 g/mol. The summed E-state index contributed by atoms with van der Waals surface area (Å²) in [5.41, 5.74) is 0. The van der Waals surface area contributed by atoms with E-state index in [0.717, 1.165) is 19.5 Å². The van der Waals surface area contributed by atoms with E-state index in [1.165, 1.54) is 7.11 Å². The summed E-state index contributed by atoms with van der Waals surface area (Å²) in [6.45, 7) is 3.76. The zero-order valence-corrected chi connectivity index (χ0v) is 8.53. The molecule has 2 bridgehead atoms. The van der Waals surface area contributed by atoms with Gasteiger partial charge in [0.05, 0.1) is 7.11 Å². The van der Waals surface area contributed by atoms with E-state index < -0.39 is 12.0 Å². The fourth-order valence-corrected chi connectivity index (χ4v) is 2.59. The summed E-state index contributed by atoms with van der Waals surface area (Å²) in [5.74, 6) is 0.120. The molecule has 3 saturated heterocycles. The Morgan fingerprint density at radius 3 is 2.79 bits per heavy atom. The molecule has 0 spiro atoms. The summed E-state index contributed by atoms with van der Waals surface area (Å²) in [6, 6.07) is -0.616. The van der Waals surface area contributed by atoms with Crippen LogP contribution in [0.2, 0.25) is 0 Å². The number of hydrogen-bond donors (Lipinski definition) is 0. The SMILES string of the molecule is COC(=O)[C@H]1C(=O)[C@H]2CCN1C[C@@H]2C. The highest BCUT2D eigenvalue weighted by atomic mass is 16.5. The van der Waals surface area contributed by atoms with Gasteiger partial charge in [-0.15, -0.1) is 0 Å². The molecule has 3 heterocycles. The maximum absolute atomic E-state index is 11.9. The molecule has 78 valence electrons. The molecule has 0 saturated carbocycles. The zero-order valence-electron chi connectivity index (χ0n) is 8.53. The number of methoxy groups -OCH3 is 1. The Balaban J connectivity index is 2.21. The van der Waals surface area contributed by atoms with Crippen LogP contribution in [0.3, 0.4) is 0 Å². The van der Waals surface area contributed by atoms with Gasteiger partial charge in [0.1, 0.15) is 0 Å². The predicted octanol–water partition coefficient (Wildman–Crippen LogP) is 0.0687. The van der Waals surface area contributed by atoms with Crippen LogP contribution in [0.25, 0.3) is 0 Å². The number of ketones is 1. The number of Topliss-reactive ketones (excluding diaryl/α,β-unsaturated/α-hetero) is 1. The summed E-state index contributed by atoms with van der Waals surface area (Å²) >= 11 is 0. The Morgan fingerprint density at radius 1 is 1.57 bits per heavy atom. The molecule has 4 atom stereocenters. The third kappa shape index (κ3) is 1.25. The smallest absolute Gasteiger partial charge is 0.330 e. The van der Waals surface area contributed by atoms with Gasteiger partial charge in [0, 0.05) is 19.0 Å². The van der Waals surface area contributed by atoms with Crippen LogP contribution in [-0.2, 0) is 14.3 Å². The van der Waals surface area contributed by atoms with Crippen molar-refractivity contribution in [3.05, 3.63) is 0 Å².